The Morgan fingerprint density at radius 2 is 1.59 bits per heavy atom. The molecule has 0 bridgehead atoms. The van der Waals surface area contributed by atoms with Crippen molar-refractivity contribution in [2.75, 3.05) is 0 Å². The van der Waals surface area contributed by atoms with Crippen molar-refractivity contribution >= 4 is 15.8 Å². The van der Waals surface area contributed by atoms with Crippen molar-refractivity contribution in [1.29, 1.82) is 0 Å². The van der Waals surface area contributed by atoms with Crippen LogP contribution in [0.5, 0.6) is 5.75 Å². The first-order valence-corrected chi connectivity index (χ1v) is 6.95. The summed E-state index contributed by atoms with van der Waals surface area (Å²) in [6.45, 7) is 0. The molecule has 0 aliphatic rings. The van der Waals surface area contributed by atoms with Gasteiger partial charge in [0, 0.05) is 18.2 Å². The van der Waals surface area contributed by atoms with Crippen LogP contribution in [0.25, 0.3) is 0 Å². The first kappa shape index (κ1) is 15.8. The van der Waals surface area contributed by atoms with Gasteiger partial charge in [0.25, 0.3) is 0 Å². The Morgan fingerprint density at radius 1 is 1.00 bits per heavy atom. The number of halogens is 3. The highest BCUT2D eigenvalue weighted by Gasteiger charge is 2.26. The number of nitro benzene ring substituents is 1. The lowest BCUT2D eigenvalue weighted by Gasteiger charge is -2.08. The minimum absolute atomic E-state index is 0.302. The highest BCUT2D eigenvalue weighted by molar-refractivity contribution is 7.87. The molecule has 22 heavy (non-hydrogen) atoms. The van der Waals surface area contributed by atoms with E-state index in [9.17, 15) is 31.7 Å². The maximum Gasteiger partial charge on any atom is 0.342 e. The molecule has 0 fully saturated rings. The molecule has 0 spiro atoms. The molecule has 0 unspecified atom stereocenters. The molecule has 0 aliphatic heterocycles. The minimum Gasteiger partial charge on any atom is -0.371 e. The van der Waals surface area contributed by atoms with Crippen LogP contribution in [0, 0.1) is 27.6 Å². The zero-order valence-corrected chi connectivity index (χ0v) is 11.3. The molecule has 0 saturated heterocycles. The maximum absolute atomic E-state index is 13.5. The van der Waals surface area contributed by atoms with Gasteiger partial charge in [-0.1, -0.05) is 0 Å². The van der Waals surface area contributed by atoms with E-state index in [4.69, 9.17) is 0 Å². The molecule has 6 nitrogen and oxygen atoms in total. The van der Waals surface area contributed by atoms with Crippen LogP contribution in [0.1, 0.15) is 0 Å². The molecule has 116 valence electrons. The van der Waals surface area contributed by atoms with Gasteiger partial charge in [0.15, 0.2) is 0 Å². The van der Waals surface area contributed by atoms with Crippen molar-refractivity contribution in [1.82, 2.24) is 0 Å². The zero-order valence-electron chi connectivity index (χ0n) is 10.5. The molecule has 0 atom stereocenters. The van der Waals surface area contributed by atoms with Crippen molar-refractivity contribution in [3.63, 3.8) is 0 Å². The average molecular weight is 333 g/mol. The first-order chi connectivity index (χ1) is 10.2. The van der Waals surface area contributed by atoms with Crippen molar-refractivity contribution in [3.8, 4) is 5.75 Å². The molecule has 0 radical (unpaired) electrons. The van der Waals surface area contributed by atoms with E-state index in [0.29, 0.717) is 30.3 Å². The Kier molecular flexibility index (Phi) is 4.04. The molecule has 2 rings (SSSR count). The number of rotatable bonds is 4. The molecular weight excluding hydrogens is 327 g/mol. The van der Waals surface area contributed by atoms with Gasteiger partial charge in [-0.3, -0.25) is 10.1 Å². The van der Waals surface area contributed by atoms with Gasteiger partial charge in [-0.05, 0) is 18.2 Å². The van der Waals surface area contributed by atoms with Gasteiger partial charge in [-0.2, -0.15) is 8.42 Å². The average Bonchev–Trinajstić information content (AvgIpc) is 2.37. The van der Waals surface area contributed by atoms with Crippen molar-refractivity contribution in [3.05, 3.63) is 64.0 Å². The Bertz CT molecular complexity index is 854. The summed E-state index contributed by atoms with van der Waals surface area (Å²) in [6.07, 6.45) is 0. The summed E-state index contributed by atoms with van der Waals surface area (Å²) >= 11 is 0. The van der Waals surface area contributed by atoms with Crippen LogP contribution in [-0.2, 0) is 10.1 Å². The summed E-state index contributed by atoms with van der Waals surface area (Å²) in [5.41, 5.74) is -0.826. The number of hydrogen-bond donors (Lipinski definition) is 0. The summed E-state index contributed by atoms with van der Waals surface area (Å²) in [4.78, 5) is 8.72. The Labute approximate surface area is 122 Å². The minimum atomic E-state index is -4.85. The van der Waals surface area contributed by atoms with Crippen LogP contribution >= 0.6 is 0 Å². The Morgan fingerprint density at radius 3 is 2.18 bits per heavy atom. The van der Waals surface area contributed by atoms with Gasteiger partial charge in [0.2, 0.25) is 5.75 Å². The first-order valence-electron chi connectivity index (χ1n) is 5.54. The molecule has 10 heteroatoms. The molecule has 0 saturated carbocycles. The van der Waals surface area contributed by atoms with E-state index in [-0.39, 0.29) is 0 Å². The van der Waals surface area contributed by atoms with Gasteiger partial charge >= 0.3 is 15.8 Å². The summed E-state index contributed by atoms with van der Waals surface area (Å²) in [7, 11) is -4.85. The number of benzene rings is 2. The van der Waals surface area contributed by atoms with E-state index in [1.807, 2.05) is 0 Å². The lowest BCUT2D eigenvalue weighted by Crippen LogP contribution is -2.13. The quantitative estimate of drug-likeness (QED) is 0.488. The predicted molar refractivity (Wildman–Crippen MR) is 67.2 cm³/mol. The van der Waals surface area contributed by atoms with Gasteiger partial charge in [-0.25, -0.2) is 13.2 Å². The SMILES string of the molecule is O=[N+]([O-])c1ccc(F)cc1OS(=O)(=O)c1ccc(F)cc1F. The fourth-order valence-corrected chi connectivity index (χ4v) is 2.54. The van der Waals surface area contributed by atoms with Gasteiger partial charge in [-0.15, -0.1) is 0 Å². The van der Waals surface area contributed by atoms with Gasteiger partial charge in [0.1, 0.15) is 22.3 Å². The maximum atomic E-state index is 13.5. The second-order valence-corrected chi connectivity index (χ2v) is 5.50. The Balaban J connectivity index is 2.49. The van der Waals surface area contributed by atoms with Crippen LogP contribution < -0.4 is 4.18 Å². The third kappa shape index (κ3) is 3.17. The van der Waals surface area contributed by atoms with E-state index in [0.717, 1.165) is 6.07 Å². The molecule has 0 amide bonds. The van der Waals surface area contributed by atoms with Gasteiger partial charge in [0.05, 0.1) is 4.92 Å². The normalized spacial score (nSPS) is 11.2. The van der Waals surface area contributed by atoms with E-state index in [1.165, 1.54) is 0 Å². The molecule has 0 heterocycles. The number of nitro groups is 1. The third-order valence-corrected chi connectivity index (χ3v) is 3.75. The summed E-state index contributed by atoms with van der Waals surface area (Å²) in [6, 6.07) is 3.45. The molecular formula is C12H6F3NO5S. The molecule has 0 aliphatic carbocycles. The third-order valence-electron chi connectivity index (χ3n) is 2.48. The van der Waals surface area contributed by atoms with Crippen molar-refractivity contribution in [2.24, 2.45) is 0 Å². The molecule has 2 aromatic carbocycles. The lowest BCUT2D eigenvalue weighted by atomic mass is 10.3. The summed E-state index contributed by atoms with van der Waals surface area (Å²) < 4.78 is 67.5. The monoisotopic (exact) mass is 333 g/mol. The van der Waals surface area contributed by atoms with E-state index < -0.39 is 48.8 Å². The lowest BCUT2D eigenvalue weighted by molar-refractivity contribution is -0.385. The predicted octanol–water partition coefficient (Wildman–Crippen LogP) is 2.78. The highest BCUT2D eigenvalue weighted by Crippen LogP contribution is 2.30. The largest absolute Gasteiger partial charge is 0.371 e. The fraction of sp³-hybridized carbons (Fsp3) is 0. The van der Waals surface area contributed by atoms with Crippen molar-refractivity contribution < 1.29 is 30.7 Å². The molecule has 0 aromatic heterocycles. The smallest absolute Gasteiger partial charge is 0.342 e. The zero-order chi connectivity index (χ0) is 16.5. The number of hydrogen-bond acceptors (Lipinski definition) is 5. The van der Waals surface area contributed by atoms with E-state index in [2.05, 4.69) is 4.18 Å². The molecule has 0 N–H and O–H groups in total. The van der Waals surface area contributed by atoms with Gasteiger partial charge < -0.3 is 4.18 Å². The standard InChI is InChI=1S/C12H6F3NO5S/c13-7-2-4-12(9(15)5-7)22(19,20)21-11-6-8(14)1-3-10(11)16(17)18/h1-6H. The summed E-state index contributed by atoms with van der Waals surface area (Å²) in [5, 5.41) is 10.8. The number of nitrogens with zero attached hydrogens (tertiary/aromatic N) is 1. The second kappa shape index (κ2) is 5.64. The fourth-order valence-electron chi connectivity index (χ4n) is 1.55. The Hall–Kier alpha value is -2.62. The second-order valence-electron chi connectivity index (χ2n) is 3.98. The summed E-state index contributed by atoms with van der Waals surface area (Å²) in [5.74, 6) is -4.38. The van der Waals surface area contributed by atoms with Crippen LogP contribution in [-0.4, -0.2) is 13.3 Å². The van der Waals surface area contributed by atoms with E-state index >= 15 is 0 Å². The van der Waals surface area contributed by atoms with Crippen LogP contribution in [0.2, 0.25) is 0 Å². The van der Waals surface area contributed by atoms with E-state index in [1.54, 1.807) is 0 Å². The topological polar surface area (TPSA) is 86.5 Å². The van der Waals surface area contributed by atoms with Crippen LogP contribution in [0.15, 0.2) is 41.3 Å². The van der Waals surface area contributed by atoms with Crippen LogP contribution in [0.3, 0.4) is 0 Å². The highest BCUT2D eigenvalue weighted by atomic mass is 32.2. The van der Waals surface area contributed by atoms with Crippen LogP contribution in [0.4, 0.5) is 18.9 Å². The molecule has 2 aromatic rings. The van der Waals surface area contributed by atoms with Crippen molar-refractivity contribution in [2.45, 2.75) is 4.90 Å².